The van der Waals surface area contributed by atoms with Crippen LogP contribution in [0.1, 0.15) is 11.1 Å². The number of hydrogen-bond donors (Lipinski definition) is 0. The van der Waals surface area contributed by atoms with Gasteiger partial charge in [0.05, 0.1) is 5.69 Å². The summed E-state index contributed by atoms with van der Waals surface area (Å²) in [5.74, 6) is 2.92. The molecular weight excluding hydrogens is 464 g/mol. The van der Waals surface area contributed by atoms with E-state index in [1.165, 1.54) is 11.1 Å². The maximum Gasteiger partial charge on any atom is 0.260 e. The molecule has 0 unspecified atom stereocenters. The third kappa shape index (κ3) is 6.06. The number of aromatic nitrogens is 2. The summed E-state index contributed by atoms with van der Waals surface area (Å²) in [6.07, 6.45) is 0. The van der Waals surface area contributed by atoms with Crippen LogP contribution in [0.2, 0.25) is 0 Å². The van der Waals surface area contributed by atoms with E-state index in [-0.39, 0.29) is 12.5 Å². The third-order valence-corrected chi connectivity index (χ3v) is 6.43. The predicted octanol–water partition coefficient (Wildman–Crippen LogP) is 5.28. The first-order valence-corrected chi connectivity index (χ1v) is 12.4. The van der Waals surface area contributed by atoms with E-state index in [2.05, 4.69) is 47.1 Å². The molecule has 1 aliphatic rings. The number of benzene rings is 3. The molecular formula is C30H30N4O3. The number of rotatable bonds is 7. The van der Waals surface area contributed by atoms with Crippen LogP contribution < -0.4 is 14.4 Å². The SMILES string of the molecule is Cc1ccc(-c2ccc(N3CCN(C(=O)COc4ccc(Oc5ccccc5)cc4)CC3)nn2)c(C)c1. The van der Waals surface area contributed by atoms with Crippen LogP contribution in [0.4, 0.5) is 5.82 Å². The van der Waals surface area contributed by atoms with E-state index in [1.807, 2.05) is 71.6 Å². The van der Waals surface area contributed by atoms with Crippen molar-refractivity contribution in [3.8, 4) is 28.5 Å². The van der Waals surface area contributed by atoms with Gasteiger partial charge in [0.2, 0.25) is 0 Å². The molecule has 7 nitrogen and oxygen atoms in total. The third-order valence-electron chi connectivity index (χ3n) is 6.43. The van der Waals surface area contributed by atoms with Crippen molar-refractivity contribution in [1.82, 2.24) is 15.1 Å². The van der Waals surface area contributed by atoms with Gasteiger partial charge in [-0.05, 0) is 67.9 Å². The Bertz CT molecular complexity index is 1330. The highest BCUT2D eigenvalue weighted by Crippen LogP contribution is 2.25. The van der Waals surface area contributed by atoms with E-state index in [4.69, 9.17) is 9.47 Å². The van der Waals surface area contributed by atoms with E-state index in [9.17, 15) is 4.79 Å². The van der Waals surface area contributed by atoms with E-state index >= 15 is 0 Å². The van der Waals surface area contributed by atoms with E-state index in [0.29, 0.717) is 37.7 Å². The fourth-order valence-electron chi connectivity index (χ4n) is 4.39. The second-order valence-electron chi connectivity index (χ2n) is 9.14. The number of carbonyl (C=O) groups is 1. The molecule has 188 valence electrons. The number of hydrogen-bond acceptors (Lipinski definition) is 6. The van der Waals surface area contributed by atoms with Gasteiger partial charge in [-0.1, -0.05) is 42.0 Å². The first-order valence-electron chi connectivity index (χ1n) is 12.4. The van der Waals surface area contributed by atoms with E-state index < -0.39 is 0 Å². The lowest BCUT2D eigenvalue weighted by Crippen LogP contribution is -2.50. The van der Waals surface area contributed by atoms with Crippen LogP contribution in [0.25, 0.3) is 11.3 Å². The topological polar surface area (TPSA) is 67.8 Å². The number of nitrogens with zero attached hydrogens (tertiary/aromatic N) is 4. The van der Waals surface area contributed by atoms with Gasteiger partial charge in [0.25, 0.3) is 5.91 Å². The molecule has 0 aliphatic carbocycles. The van der Waals surface area contributed by atoms with Crippen LogP contribution >= 0.6 is 0 Å². The molecule has 1 aromatic heterocycles. The van der Waals surface area contributed by atoms with Gasteiger partial charge in [-0.25, -0.2) is 0 Å². The summed E-state index contributed by atoms with van der Waals surface area (Å²) >= 11 is 0. The highest BCUT2D eigenvalue weighted by atomic mass is 16.5. The standard InChI is InChI=1S/C30H30N4O3/c1-22-8-13-27(23(2)20-22)28-14-15-29(32-31-28)33-16-18-34(19-17-33)30(35)21-36-24-9-11-26(12-10-24)37-25-6-4-3-5-7-25/h3-15,20H,16-19,21H2,1-2H3. The Morgan fingerprint density at radius 1 is 0.784 bits per heavy atom. The van der Waals surface area contributed by atoms with E-state index in [1.54, 1.807) is 0 Å². The summed E-state index contributed by atoms with van der Waals surface area (Å²) in [6, 6.07) is 27.2. The number of ether oxygens (including phenoxy) is 2. The van der Waals surface area contributed by atoms with Gasteiger partial charge in [0.1, 0.15) is 17.2 Å². The first-order chi connectivity index (χ1) is 18.0. The summed E-state index contributed by atoms with van der Waals surface area (Å²) in [7, 11) is 0. The zero-order valence-electron chi connectivity index (χ0n) is 21.1. The quantitative estimate of drug-likeness (QED) is 0.348. The lowest BCUT2D eigenvalue weighted by atomic mass is 10.0. The smallest absolute Gasteiger partial charge is 0.260 e. The molecule has 7 heteroatoms. The summed E-state index contributed by atoms with van der Waals surface area (Å²) in [5, 5.41) is 8.92. The molecule has 0 radical (unpaired) electrons. The molecule has 4 aromatic rings. The predicted molar refractivity (Wildman–Crippen MR) is 144 cm³/mol. The zero-order valence-corrected chi connectivity index (χ0v) is 21.1. The van der Waals surface area contributed by atoms with Crippen molar-refractivity contribution in [1.29, 1.82) is 0 Å². The van der Waals surface area contributed by atoms with Crippen LogP contribution in [-0.2, 0) is 4.79 Å². The van der Waals surface area contributed by atoms with Crippen molar-refractivity contribution < 1.29 is 14.3 Å². The Balaban J connectivity index is 1.09. The van der Waals surface area contributed by atoms with Crippen molar-refractivity contribution in [2.45, 2.75) is 13.8 Å². The monoisotopic (exact) mass is 494 g/mol. The molecule has 1 aliphatic heterocycles. The Labute approximate surface area is 217 Å². The molecule has 0 bridgehead atoms. The van der Waals surface area contributed by atoms with Crippen molar-refractivity contribution in [3.05, 3.63) is 96.1 Å². The number of carbonyl (C=O) groups excluding carboxylic acids is 1. The molecule has 1 amide bonds. The molecule has 0 N–H and O–H groups in total. The minimum absolute atomic E-state index is 0.00327. The van der Waals surface area contributed by atoms with Gasteiger partial charge in [0.15, 0.2) is 12.4 Å². The normalized spacial score (nSPS) is 13.4. The molecule has 0 spiro atoms. The van der Waals surface area contributed by atoms with Gasteiger partial charge in [-0.2, -0.15) is 0 Å². The fourth-order valence-corrected chi connectivity index (χ4v) is 4.39. The highest BCUT2D eigenvalue weighted by molar-refractivity contribution is 5.78. The average Bonchev–Trinajstić information content (AvgIpc) is 2.93. The van der Waals surface area contributed by atoms with Crippen molar-refractivity contribution in [2.75, 3.05) is 37.7 Å². The second kappa shape index (κ2) is 11.1. The average molecular weight is 495 g/mol. The van der Waals surface area contributed by atoms with Gasteiger partial charge < -0.3 is 19.3 Å². The number of piperazine rings is 1. The molecule has 1 saturated heterocycles. The number of amides is 1. The van der Waals surface area contributed by atoms with Crippen LogP contribution in [0.5, 0.6) is 17.2 Å². The van der Waals surface area contributed by atoms with Crippen molar-refractivity contribution >= 4 is 11.7 Å². The minimum Gasteiger partial charge on any atom is -0.484 e. The maximum atomic E-state index is 12.7. The molecule has 2 heterocycles. The molecule has 5 rings (SSSR count). The Morgan fingerprint density at radius 3 is 2.16 bits per heavy atom. The number of anilines is 1. The fraction of sp³-hybridized carbons (Fsp3) is 0.233. The van der Waals surface area contributed by atoms with Gasteiger partial charge in [-0.15, -0.1) is 10.2 Å². The summed E-state index contributed by atoms with van der Waals surface area (Å²) in [5.41, 5.74) is 4.38. The number of aryl methyl sites for hydroxylation is 2. The minimum atomic E-state index is -0.0273. The second-order valence-corrected chi connectivity index (χ2v) is 9.14. The van der Waals surface area contributed by atoms with Gasteiger partial charge in [-0.3, -0.25) is 4.79 Å². The van der Waals surface area contributed by atoms with Crippen LogP contribution in [-0.4, -0.2) is 53.8 Å². The Morgan fingerprint density at radius 2 is 1.49 bits per heavy atom. The molecule has 0 atom stereocenters. The summed E-state index contributed by atoms with van der Waals surface area (Å²) in [6.45, 7) is 6.82. The van der Waals surface area contributed by atoms with E-state index in [0.717, 1.165) is 22.8 Å². The van der Waals surface area contributed by atoms with Crippen LogP contribution in [0.3, 0.4) is 0 Å². The van der Waals surface area contributed by atoms with Crippen LogP contribution in [0, 0.1) is 13.8 Å². The summed E-state index contributed by atoms with van der Waals surface area (Å²) in [4.78, 5) is 16.7. The summed E-state index contributed by atoms with van der Waals surface area (Å²) < 4.78 is 11.5. The van der Waals surface area contributed by atoms with Crippen molar-refractivity contribution in [3.63, 3.8) is 0 Å². The Kier molecular flexibility index (Phi) is 7.31. The van der Waals surface area contributed by atoms with Crippen molar-refractivity contribution in [2.24, 2.45) is 0 Å². The lowest BCUT2D eigenvalue weighted by Gasteiger charge is -2.35. The zero-order chi connectivity index (χ0) is 25.6. The molecule has 37 heavy (non-hydrogen) atoms. The largest absolute Gasteiger partial charge is 0.484 e. The Hall–Kier alpha value is -4.39. The first kappa shape index (κ1) is 24.3. The molecule has 1 fully saturated rings. The number of para-hydroxylation sites is 1. The molecule has 0 saturated carbocycles. The van der Waals surface area contributed by atoms with Gasteiger partial charge >= 0.3 is 0 Å². The lowest BCUT2D eigenvalue weighted by molar-refractivity contribution is -0.133. The highest BCUT2D eigenvalue weighted by Gasteiger charge is 2.22. The van der Waals surface area contributed by atoms with Gasteiger partial charge in [0, 0.05) is 31.7 Å². The van der Waals surface area contributed by atoms with Crippen LogP contribution in [0.15, 0.2) is 84.9 Å². The molecule has 3 aromatic carbocycles. The maximum absolute atomic E-state index is 12.7.